The van der Waals surface area contributed by atoms with E-state index in [1.807, 2.05) is 28.8 Å². The first kappa shape index (κ1) is 19.9. The third-order valence-corrected chi connectivity index (χ3v) is 4.77. The maximum absolute atomic E-state index is 4.76. The molecule has 6 heteroatoms. The van der Waals surface area contributed by atoms with Crippen molar-refractivity contribution in [1.82, 2.24) is 25.2 Å². The van der Waals surface area contributed by atoms with Gasteiger partial charge in [-0.05, 0) is 38.0 Å². The fourth-order valence-electron chi connectivity index (χ4n) is 3.09. The van der Waals surface area contributed by atoms with Crippen LogP contribution < -0.4 is 10.6 Å². The van der Waals surface area contributed by atoms with Crippen LogP contribution in [0, 0.1) is 6.92 Å². The van der Waals surface area contributed by atoms with Crippen molar-refractivity contribution in [2.24, 2.45) is 4.99 Å². The number of nitrogens with one attached hydrogen (secondary N) is 2. The van der Waals surface area contributed by atoms with E-state index in [2.05, 4.69) is 65.9 Å². The fraction of sp³-hybridized carbons (Fsp3) is 0.409. The number of pyridine rings is 1. The number of aliphatic imine (C=N–C) groups is 1. The van der Waals surface area contributed by atoms with Crippen LogP contribution in [0.5, 0.6) is 0 Å². The molecule has 0 aliphatic rings. The van der Waals surface area contributed by atoms with Gasteiger partial charge in [-0.2, -0.15) is 0 Å². The number of hydrogen-bond donors (Lipinski definition) is 2. The van der Waals surface area contributed by atoms with Gasteiger partial charge in [-0.15, -0.1) is 10.2 Å². The number of benzene rings is 1. The number of aromatic nitrogens is 3. The van der Waals surface area contributed by atoms with Crippen LogP contribution in [0.4, 0.5) is 0 Å². The Morgan fingerprint density at radius 3 is 2.71 bits per heavy atom. The fourth-order valence-corrected chi connectivity index (χ4v) is 3.09. The molecule has 0 aliphatic heterocycles. The average Bonchev–Trinajstić information content (AvgIpc) is 3.12. The second kappa shape index (κ2) is 9.88. The van der Waals surface area contributed by atoms with Crippen LogP contribution in [-0.4, -0.2) is 40.2 Å². The first-order valence-corrected chi connectivity index (χ1v) is 10.0. The molecule has 0 saturated carbocycles. The van der Waals surface area contributed by atoms with Gasteiger partial charge in [0.2, 0.25) is 0 Å². The van der Waals surface area contributed by atoms with Gasteiger partial charge in [0.1, 0.15) is 5.82 Å². The van der Waals surface area contributed by atoms with Crippen molar-refractivity contribution in [1.29, 1.82) is 0 Å². The zero-order chi connectivity index (χ0) is 19.8. The lowest BCUT2D eigenvalue weighted by atomic mass is 10.0. The molecule has 0 bridgehead atoms. The van der Waals surface area contributed by atoms with Crippen LogP contribution in [0.15, 0.2) is 53.7 Å². The molecule has 2 aromatic heterocycles. The predicted octanol–water partition coefficient (Wildman–Crippen LogP) is 3.33. The molecule has 1 atom stereocenters. The summed E-state index contributed by atoms with van der Waals surface area (Å²) in [6.07, 6.45) is 3.85. The molecule has 0 saturated heterocycles. The standard InChI is InChI=1S/C22H30N6/c1-4-23-22(25-16-18(3)19-12-10-17(2)11-13-19)24-14-7-9-21-27-26-20-8-5-6-15-28(20)21/h5-6,8,10-13,15,18H,4,7,9,14,16H2,1-3H3,(H2,23,24,25). The lowest BCUT2D eigenvalue weighted by Crippen LogP contribution is -2.38. The van der Waals surface area contributed by atoms with Gasteiger partial charge in [0, 0.05) is 38.2 Å². The van der Waals surface area contributed by atoms with Crippen LogP contribution in [0.2, 0.25) is 0 Å². The van der Waals surface area contributed by atoms with E-state index in [4.69, 9.17) is 4.99 Å². The lowest BCUT2D eigenvalue weighted by molar-refractivity contribution is 0.706. The Labute approximate surface area is 167 Å². The highest BCUT2D eigenvalue weighted by Crippen LogP contribution is 2.16. The van der Waals surface area contributed by atoms with Crippen LogP contribution in [0.3, 0.4) is 0 Å². The highest BCUT2D eigenvalue weighted by Gasteiger charge is 2.07. The second-order valence-corrected chi connectivity index (χ2v) is 7.11. The van der Waals surface area contributed by atoms with Gasteiger partial charge in [-0.3, -0.25) is 9.39 Å². The first-order valence-electron chi connectivity index (χ1n) is 10.0. The number of nitrogens with zero attached hydrogens (tertiary/aromatic N) is 4. The summed E-state index contributed by atoms with van der Waals surface area (Å²) in [4.78, 5) is 4.76. The molecule has 0 fully saturated rings. The van der Waals surface area contributed by atoms with Gasteiger partial charge in [0.05, 0.1) is 0 Å². The third kappa shape index (κ3) is 5.31. The molecule has 3 aromatic rings. The van der Waals surface area contributed by atoms with Crippen LogP contribution in [0.25, 0.3) is 5.65 Å². The molecule has 0 radical (unpaired) electrons. The summed E-state index contributed by atoms with van der Waals surface area (Å²) in [5, 5.41) is 15.2. The smallest absolute Gasteiger partial charge is 0.191 e. The largest absolute Gasteiger partial charge is 0.357 e. The molecule has 0 amide bonds. The summed E-state index contributed by atoms with van der Waals surface area (Å²) >= 11 is 0. The number of aryl methyl sites for hydroxylation is 2. The summed E-state index contributed by atoms with van der Waals surface area (Å²) in [5.41, 5.74) is 3.50. The minimum absolute atomic E-state index is 0.387. The third-order valence-electron chi connectivity index (χ3n) is 4.77. The quantitative estimate of drug-likeness (QED) is 0.358. The SMILES string of the molecule is CCNC(=NCC(C)c1ccc(C)cc1)NCCCc1nnc2ccccn12. The van der Waals surface area contributed by atoms with Crippen molar-refractivity contribution in [3.63, 3.8) is 0 Å². The molecule has 0 spiro atoms. The maximum Gasteiger partial charge on any atom is 0.191 e. The normalized spacial score (nSPS) is 12.9. The summed E-state index contributed by atoms with van der Waals surface area (Å²) in [7, 11) is 0. The van der Waals surface area contributed by atoms with E-state index in [9.17, 15) is 0 Å². The minimum atomic E-state index is 0.387. The summed E-state index contributed by atoms with van der Waals surface area (Å²) in [6, 6.07) is 14.7. The molecule has 2 heterocycles. The summed E-state index contributed by atoms with van der Waals surface area (Å²) in [5.74, 6) is 2.25. The monoisotopic (exact) mass is 378 g/mol. The molecular formula is C22H30N6. The molecule has 6 nitrogen and oxygen atoms in total. The molecule has 3 rings (SSSR count). The van der Waals surface area contributed by atoms with Crippen molar-refractivity contribution in [3.8, 4) is 0 Å². The van der Waals surface area contributed by atoms with Gasteiger partial charge in [0.25, 0.3) is 0 Å². The van der Waals surface area contributed by atoms with Crippen molar-refractivity contribution < 1.29 is 0 Å². The summed E-state index contributed by atoms with van der Waals surface area (Å²) < 4.78 is 2.04. The van der Waals surface area contributed by atoms with Gasteiger partial charge in [-0.1, -0.05) is 42.8 Å². The molecular weight excluding hydrogens is 348 g/mol. The van der Waals surface area contributed by atoms with Gasteiger partial charge in [0.15, 0.2) is 11.6 Å². The Bertz CT molecular complexity index is 897. The van der Waals surface area contributed by atoms with E-state index in [-0.39, 0.29) is 0 Å². The van der Waals surface area contributed by atoms with Crippen LogP contribution in [0.1, 0.15) is 43.1 Å². The maximum atomic E-state index is 4.76. The Morgan fingerprint density at radius 1 is 1.11 bits per heavy atom. The molecule has 1 aromatic carbocycles. The van der Waals surface area contributed by atoms with E-state index in [1.54, 1.807) is 0 Å². The summed E-state index contributed by atoms with van der Waals surface area (Å²) in [6.45, 7) is 8.86. The predicted molar refractivity (Wildman–Crippen MR) is 115 cm³/mol. The zero-order valence-electron chi connectivity index (χ0n) is 17.0. The van der Waals surface area contributed by atoms with Crippen molar-refractivity contribution in [2.75, 3.05) is 19.6 Å². The van der Waals surface area contributed by atoms with E-state index < -0.39 is 0 Å². The minimum Gasteiger partial charge on any atom is -0.357 e. The lowest BCUT2D eigenvalue weighted by Gasteiger charge is -2.14. The van der Waals surface area contributed by atoms with Gasteiger partial charge < -0.3 is 10.6 Å². The van der Waals surface area contributed by atoms with E-state index in [1.165, 1.54) is 11.1 Å². The molecule has 1 unspecified atom stereocenters. The topological polar surface area (TPSA) is 66.6 Å². The number of fused-ring (bicyclic) bond motifs is 1. The number of rotatable bonds is 8. The Balaban J connectivity index is 1.49. The molecule has 148 valence electrons. The van der Waals surface area contributed by atoms with Crippen LogP contribution >= 0.6 is 0 Å². The number of guanidine groups is 1. The zero-order valence-corrected chi connectivity index (χ0v) is 17.0. The van der Waals surface area contributed by atoms with Crippen molar-refractivity contribution in [3.05, 3.63) is 65.6 Å². The molecule has 28 heavy (non-hydrogen) atoms. The Hall–Kier alpha value is -2.89. The second-order valence-electron chi connectivity index (χ2n) is 7.11. The molecule has 2 N–H and O–H groups in total. The van der Waals surface area contributed by atoms with Gasteiger partial charge in [-0.25, -0.2) is 0 Å². The highest BCUT2D eigenvalue weighted by molar-refractivity contribution is 5.79. The van der Waals surface area contributed by atoms with E-state index in [0.717, 1.165) is 49.9 Å². The van der Waals surface area contributed by atoms with Gasteiger partial charge >= 0.3 is 0 Å². The molecule has 0 aliphatic carbocycles. The van der Waals surface area contributed by atoms with E-state index in [0.29, 0.717) is 5.92 Å². The van der Waals surface area contributed by atoms with Crippen LogP contribution in [-0.2, 0) is 6.42 Å². The number of hydrogen-bond acceptors (Lipinski definition) is 3. The highest BCUT2D eigenvalue weighted by atomic mass is 15.2. The Kier molecular flexibility index (Phi) is 7.00. The average molecular weight is 379 g/mol. The van der Waals surface area contributed by atoms with Crippen molar-refractivity contribution in [2.45, 2.75) is 39.5 Å². The Morgan fingerprint density at radius 2 is 1.93 bits per heavy atom. The van der Waals surface area contributed by atoms with Crippen molar-refractivity contribution >= 4 is 11.6 Å². The van der Waals surface area contributed by atoms with E-state index >= 15 is 0 Å². The first-order chi connectivity index (χ1) is 13.7.